The summed E-state index contributed by atoms with van der Waals surface area (Å²) in [5.74, 6) is 1.37. The van der Waals surface area contributed by atoms with E-state index in [2.05, 4.69) is 29.4 Å². The molecular formula is C20H32ClN3O3. The van der Waals surface area contributed by atoms with Gasteiger partial charge in [-0.1, -0.05) is 25.4 Å². The van der Waals surface area contributed by atoms with Gasteiger partial charge in [0.25, 0.3) is 5.91 Å². The maximum Gasteiger partial charge on any atom is 0.251 e. The predicted octanol–water partition coefficient (Wildman–Crippen LogP) is 2.80. The van der Waals surface area contributed by atoms with Crippen LogP contribution in [0.4, 0.5) is 0 Å². The van der Waals surface area contributed by atoms with Crippen LogP contribution in [0.1, 0.15) is 37.0 Å². The summed E-state index contributed by atoms with van der Waals surface area (Å²) in [5, 5.41) is 6.69. The molecule has 1 aliphatic rings. The van der Waals surface area contributed by atoms with Crippen molar-refractivity contribution in [2.75, 3.05) is 53.0 Å². The number of methoxy groups -OCH3 is 1. The molecular weight excluding hydrogens is 366 g/mol. The van der Waals surface area contributed by atoms with Crippen molar-refractivity contribution in [3.05, 3.63) is 22.7 Å². The van der Waals surface area contributed by atoms with Gasteiger partial charge in [-0.15, -0.1) is 0 Å². The third-order valence-electron chi connectivity index (χ3n) is 4.58. The molecule has 0 aromatic heterocycles. The maximum absolute atomic E-state index is 12.4. The SMILES string of the molecule is COc1cc(C(=O)NCCCN2CCNCC2)cc(Cl)c1OCCC(C)C. The van der Waals surface area contributed by atoms with Crippen LogP contribution in [0, 0.1) is 5.92 Å². The predicted molar refractivity (Wildman–Crippen MR) is 109 cm³/mol. The van der Waals surface area contributed by atoms with E-state index in [1.807, 2.05) is 0 Å². The lowest BCUT2D eigenvalue weighted by atomic mass is 10.1. The van der Waals surface area contributed by atoms with Gasteiger partial charge in [0.05, 0.1) is 18.7 Å². The number of amides is 1. The largest absolute Gasteiger partial charge is 0.493 e. The molecule has 0 saturated carbocycles. The van der Waals surface area contributed by atoms with Crippen molar-refractivity contribution < 1.29 is 14.3 Å². The lowest BCUT2D eigenvalue weighted by Crippen LogP contribution is -2.44. The van der Waals surface area contributed by atoms with Crippen molar-refractivity contribution in [2.24, 2.45) is 5.92 Å². The third kappa shape index (κ3) is 7.20. The summed E-state index contributed by atoms with van der Waals surface area (Å²) < 4.78 is 11.1. The number of ether oxygens (including phenoxy) is 2. The van der Waals surface area contributed by atoms with Crippen LogP contribution in [0.15, 0.2) is 12.1 Å². The Hall–Kier alpha value is -1.50. The molecule has 6 nitrogen and oxygen atoms in total. The van der Waals surface area contributed by atoms with Crippen LogP contribution >= 0.6 is 11.6 Å². The molecule has 1 aromatic rings. The fourth-order valence-electron chi connectivity index (χ4n) is 2.93. The summed E-state index contributed by atoms with van der Waals surface area (Å²) >= 11 is 6.34. The number of rotatable bonds is 10. The Morgan fingerprint density at radius 3 is 2.74 bits per heavy atom. The molecule has 0 unspecified atom stereocenters. The van der Waals surface area contributed by atoms with E-state index in [9.17, 15) is 4.79 Å². The molecule has 1 saturated heterocycles. The van der Waals surface area contributed by atoms with Gasteiger partial charge in [-0.3, -0.25) is 4.79 Å². The molecule has 2 rings (SSSR count). The molecule has 1 aliphatic heterocycles. The van der Waals surface area contributed by atoms with Crippen molar-refractivity contribution in [3.8, 4) is 11.5 Å². The normalized spacial score (nSPS) is 15.0. The summed E-state index contributed by atoms with van der Waals surface area (Å²) in [5.41, 5.74) is 0.482. The highest BCUT2D eigenvalue weighted by atomic mass is 35.5. The molecule has 0 aliphatic carbocycles. The minimum absolute atomic E-state index is 0.149. The lowest BCUT2D eigenvalue weighted by Gasteiger charge is -2.27. The zero-order chi connectivity index (χ0) is 19.6. The molecule has 1 heterocycles. The van der Waals surface area contributed by atoms with Gasteiger partial charge in [-0.2, -0.15) is 0 Å². The first-order chi connectivity index (χ1) is 13.0. The molecule has 7 heteroatoms. The van der Waals surface area contributed by atoms with E-state index in [1.165, 1.54) is 0 Å². The van der Waals surface area contributed by atoms with Crippen LogP contribution in [-0.4, -0.2) is 63.8 Å². The number of carbonyl (C=O) groups excluding carboxylic acids is 1. The zero-order valence-electron chi connectivity index (χ0n) is 16.6. The second-order valence-electron chi connectivity index (χ2n) is 7.22. The lowest BCUT2D eigenvalue weighted by molar-refractivity contribution is 0.0951. The minimum Gasteiger partial charge on any atom is -0.493 e. The van der Waals surface area contributed by atoms with Crippen LogP contribution < -0.4 is 20.1 Å². The van der Waals surface area contributed by atoms with Crippen molar-refractivity contribution in [1.82, 2.24) is 15.5 Å². The molecule has 1 fully saturated rings. The number of nitrogens with zero attached hydrogens (tertiary/aromatic N) is 1. The molecule has 2 N–H and O–H groups in total. The van der Waals surface area contributed by atoms with Gasteiger partial charge in [-0.25, -0.2) is 0 Å². The average Bonchev–Trinajstić information content (AvgIpc) is 2.66. The fraction of sp³-hybridized carbons (Fsp3) is 0.650. The monoisotopic (exact) mass is 397 g/mol. The Morgan fingerprint density at radius 1 is 1.33 bits per heavy atom. The van der Waals surface area contributed by atoms with Crippen LogP contribution in [-0.2, 0) is 0 Å². The summed E-state index contributed by atoms with van der Waals surface area (Å²) in [6.45, 7) is 10.7. The highest BCUT2D eigenvalue weighted by molar-refractivity contribution is 6.32. The van der Waals surface area contributed by atoms with Gasteiger partial charge in [-0.05, 0) is 37.4 Å². The second-order valence-corrected chi connectivity index (χ2v) is 7.63. The standard InChI is InChI=1S/C20H32ClN3O3/c1-15(2)5-12-27-19-17(21)13-16(14-18(19)26-3)20(25)23-6-4-9-24-10-7-22-8-11-24/h13-15,22H,4-12H2,1-3H3,(H,23,25). The van der Waals surface area contributed by atoms with Gasteiger partial charge >= 0.3 is 0 Å². The fourth-order valence-corrected chi connectivity index (χ4v) is 3.19. The number of nitrogens with one attached hydrogen (secondary N) is 2. The Balaban J connectivity index is 1.86. The molecule has 1 amide bonds. The zero-order valence-corrected chi connectivity index (χ0v) is 17.4. The molecule has 0 radical (unpaired) electrons. The summed E-state index contributed by atoms with van der Waals surface area (Å²) in [4.78, 5) is 14.8. The Kier molecular flexibility index (Phi) is 9.18. The van der Waals surface area contributed by atoms with Crippen LogP contribution in [0.3, 0.4) is 0 Å². The molecule has 152 valence electrons. The molecule has 27 heavy (non-hydrogen) atoms. The minimum atomic E-state index is -0.149. The van der Waals surface area contributed by atoms with E-state index in [0.29, 0.717) is 41.2 Å². The molecule has 0 atom stereocenters. The molecule has 0 bridgehead atoms. The number of carbonyl (C=O) groups is 1. The topological polar surface area (TPSA) is 62.8 Å². The van der Waals surface area contributed by atoms with E-state index < -0.39 is 0 Å². The van der Waals surface area contributed by atoms with Crippen LogP contribution in [0.2, 0.25) is 5.02 Å². The van der Waals surface area contributed by atoms with E-state index in [1.54, 1.807) is 19.2 Å². The van der Waals surface area contributed by atoms with Crippen LogP contribution in [0.5, 0.6) is 11.5 Å². The van der Waals surface area contributed by atoms with E-state index in [0.717, 1.165) is 45.6 Å². The van der Waals surface area contributed by atoms with Gasteiger partial charge in [0.15, 0.2) is 11.5 Å². The number of benzene rings is 1. The van der Waals surface area contributed by atoms with E-state index in [-0.39, 0.29) is 5.91 Å². The quantitative estimate of drug-likeness (QED) is 0.594. The smallest absolute Gasteiger partial charge is 0.251 e. The Labute approximate surface area is 167 Å². The molecule has 1 aromatic carbocycles. The first kappa shape index (κ1) is 21.8. The first-order valence-electron chi connectivity index (χ1n) is 9.73. The van der Waals surface area contributed by atoms with E-state index in [4.69, 9.17) is 21.1 Å². The van der Waals surface area contributed by atoms with Crippen molar-refractivity contribution >= 4 is 17.5 Å². The highest BCUT2D eigenvalue weighted by Crippen LogP contribution is 2.36. The van der Waals surface area contributed by atoms with Gasteiger partial charge in [0.2, 0.25) is 0 Å². The third-order valence-corrected chi connectivity index (χ3v) is 4.86. The van der Waals surface area contributed by atoms with E-state index >= 15 is 0 Å². The van der Waals surface area contributed by atoms with Crippen molar-refractivity contribution in [2.45, 2.75) is 26.7 Å². The van der Waals surface area contributed by atoms with Gasteiger partial charge in [0.1, 0.15) is 0 Å². The van der Waals surface area contributed by atoms with Crippen molar-refractivity contribution in [3.63, 3.8) is 0 Å². The maximum atomic E-state index is 12.4. The number of hydrogen-bond donors (Lipinski definition) is 2. The summed E-state index contributed by atoms with van der Waals surface area (Å²) in [6.07, 6.45) is 1.85. The number of piperazine rings is 1. The molecule has 0 spiro atoms. The summed E-state index contributed by atoms with van der Waals surface area (Å²) in [7, 11) is 1.55. The summed E-state index contributed by atoms with van der Waals surface area (Å²) in [6, 6.07) is 3.32. The van der Waals surface area contributed by atoms with Gasteiger partial charge < -0.3 is 25.0 Å². The van der Waals surface area contributed by atoms with Crippen LogP contribution in [0.25, 0.3) is 0 Å². The number of halogens is 1. The highest BCUT2D eigenvalue weighted by Gasteiger charge is 2.16. The number of hydrogen-bond acceptors (Lipinski definition) is 5. The van der Waals surface area contributed by atoms with Gasteiger partial charge in [0, 0.05) is 38.3 Å². The Morgan fingerprint density at radius 2 is 2.07 bits per heavy atom. The second kappa shape index (κ2) is 11.4. The first-order valence-corrected chi connectivity index (χ1v) is 10.1. The Bertz CT molecular complexity index is 604. The van der Waals surface area contributed by atoms with Crippen molar-refractivity contribution in [1.29, 1.82) is 0 Å². The average molecular weight is 398 g/mol.